The number of anilines is 1. The monoisotopic (exact) mass is 558 g/mol. The Morgan fingerprint density at radius 3 is 2.39 bits per heavy atom. The van der Waals surface area contributed by atoms with Crippen LogP contribution in [0.5, 0.6) is 0 Å². The Morgan fingerprint density at radius 2 is 1.77 bits per heavy atom. The summed E-state index contributed by atoms with van der Waals surface area (Å²) in [5.41, 5.74) is 1.14. The molecule has 2 N–H and O–H groups in total. The van der Waals surface area contributed by atoms with Gasteiger partial charge in [0.1, 0.15) is 5.82 Å². The quantitative estimate of drug-likeness (QED) is 0.308. The van der Waals surface area contributed by atoms with Gasteiger partial charge in [0, 0.05) is 46.0 Å². The summed E-state index contributed by atoms with van der Waals surface area (Å²) in [6, 6.07) is 15.9. The number of piperazine rings is 1. The maximum absolute atomic E-state index is 12.7. The summed E-state index contributed by atoms with van der Waals surface area (Å²) in [5.74, 6) is 1.50. The van der Waals surface area contributed by atoms with Crippen molar-refractivity contribution in [2.75, 3.05) is 50.4 Å². The predicted molar refractivity (Wildman–Crippen MR) is 137 cm³/mol. The van der Waals surface area contributed by atoms with Crippen LogP contribution in [0.4, 0.5) is 5.82 Å². The number of hydrogen-bond acceptors (Lipinski definition) is 5. The Hall–Kier alpha value is -1.92. The zero-order valence-electron chi connectivity index (χ0n) is 17.9. The molecule has 31 heavy (non-hydrogen) atoms. The van der Waals surface area contributed by atoms with Crippen molar-refractivity contribution in [1.29, 1.82) is 0 Å². The number of benzene rings is 1. The number of halogens is 1. The number of guanidine groups is 1. The first-order valence-electron chi connectivity index (χ1n) is 10.2. The van der Waals surface area contributed by atoms with E-state index in [0.717, 1.165) is 11.4 Å². The summed E-state index contributed by atoms with van der Waals surface area (Å²) in [5, 5.41) is 6.40. The lowest BCUT2D eigenvalue weighted by Crippen LogP contribution is -2.50. The van der Waals surface area contributed by atoms with E-state index in [-0.39, 0.29) is 35.8 Å². The van der Waals surface area contributed by atoms with Gasteiger partial charge in [0.05, 0.1) is 11.8 Å². The number of nitrogens with one attached hydrogen (secondary N) is 2. The molecule has 1 saturated heterocycles. The molecule has 3 rings (SSSR count). The third-order valence-electron chi connectivity index (χ3n) is 5.13. The van der Waals surface area contributed by atoms with Gasteiger partial charge in [-0.2, -0.15) is 4.31 Å². The molecule has 10 heteroatoms. The highest BCUT2D eigenvalue weighted by Gasteiger charge is 2.27. The standard InChI is InChI=1S/C21H30N6O2S.HI/c1-18(19-8-4-3-5-9-19)25-21(22-2)24-12-17-30(28,29)27-15-13-26(14-16-27)20-10-6-7-11-23-20;/h3-11,18H,12-17H2,1-2H3,(H2,22,24,25);1H. The molecule has 1 fully saturated rings. The molecule has 1 atom stereocenters. The third-order valence-corrected chi connectivity index (χ3v) is 7.01. The number of nitrogens with zero attached hydrogens (tertiary/aromatic N) is 4. The number of sulfonamides is 1. The third kappa shape index (κ3) is 7.32. The Balaban J connectivity index is 0.00000341. The lowest BCUT2D eigenvalue weighted by Gasteiger charge is -2.34. The van der Waals surface area contributed by atoms with E-state index in [1.165, 1.54) is 0 Å². The molecule has 1 aliphatic heterocycles. The van der Waals surface area contributed by atoms with Gasteiger partial charge >= 0.3 is 0 Å². The minimum absolute atomic E-state index is 0. The molecule has 0 aliphatic carbocycles. The number of pyridine rings is 1. The minimum Gasteiger partial charge on any atom is -0.355 e. The molecule has 0 spiro atoms. The lowest BCUT2D eigenvalue weighted by atomic mass is 10.1. The predicted octanol–water partition coefficient (Wildman–Crippen LogP) is 2.08. The zero-order valence-corrected chi connectivity index (χ0v) is 21.1. The summed E-state index contributed by atoms with van der Waals surface area (Å²) < 4.78 is 27.0. The minimum atomic E-state index is -3.33. The Bertz CT molecular complexity index is 919. The van der Waals surface area contributed by atoms with E-state index in [9.17, 15) is 8.42 Å². The summed E-state index contributed by atoms with van der Waals surface area (Å²) in [7, 11) is -1.65. The molecule has 1 aromatic heterocycles. The van der Waals surface area contributed by atoms with Crippen LogP contribution in [0, 0.1) is 0 Å². The van der Waals surface area contributed by atoms with Gasteiger partial charge in [0.2, 0.25) is 10.0 Å². The molecule has 8 nitrogen and oxygen atoms in total. The van der Waals surface area contributed by atoms with E-state index in [4.69, 9.17) is 0 Å². The van der Waals surface area contributed by atoms with Crippen LogP contribution < -0.4 is 15.5 Å². The second kappa shape index (κ2) is 12.2. The van der Waals surface area contributed by atoms with Crippen molar-refractivity contribution >= 4 is 45.8 Å². The molecular weight excluding hydrogens is 527 g/mol. The van der Waals surface area contributed by atoms with Crippen LogP contribution in [0.15, 0.2) is 59.7 Å². The second-order valence-corrected chi connectivity index (χ2v) is 9.25. The summed E-state index contributed by atoms with van der Waals surface area (Å²) in [6.07, 6.45) is 1.75. The van der Waals surface area contributed by atoms with Crippen LogP contribution in [0.3, 0.4) is 0 Å². The average Bonchev–Trinajstić information content (AvgIpc) is 2.79. The topological polar surface area (TPSA) is 89.9 Å². The molecule has 0 amide bonds. The van der Waals surface area contributed by atoms with E-state index >= 15 is 0 Å². The van der Waals surface area contributed by atoms with Crippen molar-refractivity contribution in [1.82, 2.24) is 19.9 Å². The maximum atomic E-state index is 12.7. The van der Waals surface area contributed by atoms with Gasteiger partial charge in [-0.1, -0.05) is 36.4 Å². The number of aromatic nitrogens is 1. The number of aliphatic imine (C=N–C) groups is 1. The van der Waals surface area contributed by atoms with Crippen molar-refractivity contribution in [2.24, 2.45) is 4.99 Å². The van der Waals surface area contributed by atoms with Gasteiger partial charge in [-0.05, 0) is 24.6 Å². The highest BCUT2D eigenvalue weighted by atomic mass is 127. The first-order valence-corrected chi connectivity index (χ1v) is 11.8. The number of rotatable bonds is 7. The van der Waals surface area contributed by atoms with Crippen molar-refractivity contribution in [2.45, 2.75) is 13.0 Å². The zero-order chi connectivity index (χ0) is 21.4. The highest BCUT2D eigenvalue weighted by molar-refractivity contribution is 14.0. The summed E-state index contributed by atoms with van der Waals surface area (Å²) >= 11 is 0. The molecule has 0 saturated carbocycles. The van der Waals surface area contributed by atoms with Crippen LogP contribution in [0.2, 0.25) is 0 Å². The second-order valence-electron chi connectivity index (χ2n) is 7.17. The molecule has 1 aliphatic rings. The van der Waals surface area contributed by atoms with E-state index < -0.39 is 10.0 Å². The van der Waals surface area contributed by atoms with Crippen LogP contribution in [0.1, 0.15) is 18.5 Å². The number of hydrogen-bond donors (Lipinski definition) is 2. The molecule has 0 radical (unpaired) electrons. The molecular formula is C21H31IN6O2S. The van der Waals surface area contributed by atoms with Gasteiger partial charge in [-0.25, -0.2) is 13.4 Å². The smallest absolute Gasteiger partial charge is 0.215 e. The molecule has 2 aromatic rings. The first kappa shape index (κ1) is 25.3. The van der Waals surface area contributed by atoms with Crippen LogP contribution >= 0.6 is 24.0 Å². The Morgan fingerprint density at radius 1 is 1.10 bits per heavy atom. The molecule has 170 valence electrons. The van der Waals surface area contributed by atoms with Gasteiger partial charge in [0.15, 0.2) is 5.96 Å². The molecule has 0 bridgehead atoms. The molecule has 1 unspecified atom stereocenters. The van der Waals surface area contributed by atoms with E-state index in [0.29, 0.717) is 38.7 Å². The highest BCUT2D eigenvalue weighted by Crippen LogP contribution is 2.15. The fraction of sp³-hybridized carbons (Fsp3) is 0.429. The van der Waals surface area contributed by atoms with E-state index in [1.54, 1.807) is 17.5 Å². The fourth-order valence-electron chi connectivity index (χ4n) is 3.39. The average molecular weight is 558 g/mol. The van der Waals surface area contributed by atoms with Crippen molar-refractivity contribution in [3.05, 3.63) is 60.3 Å². The Kier molecular flexibility index (Phi) is 9.97. The van der Waals surface area contributed by atoms with Crippen molar-refractivity contribution < 1.29 is 8.42 Å². The van der Waals surface area contributed by atoms with E-state index in [1.807, 2.05) is 55.5 Å². The van der Waals surface area contributed by atoms with Crippen LogP contribution in [-0.4, -0.2) is 69.2 Å². The maximum Gasteiger partial charge on any atom is 0.215 e. The lowest BCUT2D eigenvalue weighted by molar-refractivity contribution is 0.384. The van der Waals surface area contributed by atoms with Gasteiger partial charge in [-0.15, -0.1) is 24.0 Å². The van der Waals surface area contributed by atoms with Crippen LogP contribution in [-0.2, 0) is 10.0 Å². The molecule has 1 aromatic carbocycles. The van der Waals surface area contributed by atoms with E-state index in [2.05, 4.69) is 25.5 Å². The van der Waals surface area contributed by atoms with Crippen LogP contribution in [0.25, 0.3) is 0 Å². The first-order chi connectivity index (χ1) is 14.5. The van der Waals surface area contributed by atoms with Crippen molar-refractivity contribution in [3.8, 4) is 0 Å². The van der Waals surface area contributed by atoms with Gasteiger partial charge in [0.25, 0.3) is 0 Å². The van der Waals surface area contributed by atoms with Gasteiger partial charge in [-0.3, -0.25) is 4.99 Å². The normalized spacial score (nSPS) is 16.3. The summed E-state index contributed by atoms with van der Waals surface area (Å²) in [6.45, 7) is 4.56. The summed E-state index contributed by atoms with van der Waals surface area (Å²) in [4.78, 5) is 10.7. The van der Waals surface area contributed by atoms with Crippen molar-refractivity contribution in [3.63, 3.8) is 0 Å². The van der Waals surface area contributed by atoms with Gasteiger partial charge < -0.3 is 15.5 Å². The Labute approximate surface area is 202 Å². The fourth-order valence-corrected chi connectivity index (χ4v) is 4.73. The SMILES string of the molecule is CN=C(NCCS(=O)(=O)N1CCN(c2ccccn2)CC1)NC(C)c1ccccc1.I. The largest absolute Gasteiger partial charge is 0.355 e. The molecule has 2 heterocycles.